The van der Waals surface area contributed by atoms with Gasteiger partial charge in [-0.15, -0.1) is 0 Å². The lowest BCUT2D eigenvalue weighted by molar-refractivity contribution is -0.196. The molecule has 2 rings (SSSR count). The van der Waals surface area contributed by atoms with Gasteiger partial charge in [-0.1, -0.05) is 31.2 Å². The first-order valence-electron chi connectivity index (χ1n) is 8.00. The molecule has 6 heteroatoms. The van der Waals surface area contributed by atoms with Crippen LogP contribution in [0.3, 0.4) is 0 Å². The highest BCUT2D eigenvalue weighted by Gasteiger charge is 2.47. The molecule has 23 heavy (non-hydrogen) atoms. The largest absolute Gasteiger partial charge is 0.408 e. The third-order valence-corrected chi connectivity index (χ3v) is 4.38. The van der Waals surface area contributed by atoms with Crippen molar-refractivity contribution in [1.82, 2.24) is 4.90 Å². The van der Waals surface area contributed by atoms with E-state index in [9.17, 15) is 18.0 Å². The van der Waals surface area contributed by atoms with Gasteiger partial charge >= 0.3 is 6.18 Å². The minimum absolute atomic E-state index is 0.0161. The molecule has 0 aromatic heterocycles. The van der Waals surface area contributed by atoms with Gasteiger partial charge in [-0.2, -0.15) is 13.2 Å². The number of hydrogen-bond acceptors (Lipinski definition) is 2. The van der Waals surface area contributed by atoms with Crippen LogP contribution < -0.4 is 5.73 Å². The minimum atomic E-state index is -4.39. The van der Waals surface area contributed by atoms with Crippen molar-refractivity contribution < 1.29 is 18.0 Å². The molecule has 3 nitrogen and oxygen atoms in total. The Balaban J connectivity index is 1.99. The number of benzene rings is 1. The molecule has 2 atom stereocenters. The highest BCUT2D eigenvalue weighted by atomic mass is 19.4. The lowest BCUT2D eigenvalue weighted by Crippen LogP contribution is -2.56. The molecule has 0 unspecified atom stereocenters. The van der Waals surface area contributed by atoms with E-state index < -0.39 is 18.1 Å². The Morgan fingerprint density at radius 2 is 1.83 bits per heavy atom. The number of amides is 1. The summed E-state index contributed by atoms with van der Waals surface area (Å²) in [5, 5.41) is 0. The van der Waals surface area contributed by atoms with Crippen LogP contribution in [0.2, 0.25) is 0 Å². The van der Waals surface area contributed by atoms with E-state index in [0.29, 0.717) is 12.8 Å². The molecule has 128 valence electrons. The van der Waals surface area contributed by atoms with Gasteiger partial charge in [-0.3, -0.25) is 4.79 Å². The first-order chi connectivity index (χ1) is 10.8. The van der Waals surface area contributed by atoms with E-state index in [1.54, 1.807) is 0 Å². The van der Waals surface area contributed by atoms with Crippen LogP contribution in [0.25, 0.3) is 0 Å². The van der Waals surface area contributed by atoms with Gasteiger partial charge in [0, 0.05) is 19.0 Å². The van der Waals surface area contributed by atoms with E-state index in [1.807, 2.05) is 24.3 Å². The summed E-state index contributed by atoms with van der Waals surface area (Å²) < 4.78 is 39.3. The van der Waals surface area contributed by atoms with Gasteiger partial charge in [0.25, 0.3) is 0 Å². The molecule has 1 heterocycles. The van der Waals surface area contributed by atoms with Crippen LogP contribution in [0, 0.1) is 0 Å². The number of nitrogens with two attached hydrogens (primary N) is 1. The van der Waals surface area contributed by atoms with Crippen LogP contribution >= 0.6 is 0 Å². The topological polar surface area (TPSA) is 46.3 Å². The monoisotopic (exact) mass is 328 g/mol. The van der Waals surface area contributed by atoms with Gasteiger partial charge in [-0.05, 0) is 36.8 Å². The second-order valence-corrected chi connectivity index (χ2v) is 6.11. The summed E-state index contributed by atoms with van der Waals surface area (Å²) in [5.74, 6) is -0.470. The molecule has 2 N–H and O–H groups in total. The number of rotatable bonds is 4. The summed E-state index contributed by atoms with van der Waals surface area (Å²) in [4.78, 5) is 13.2. The Bertz CT molecular complexity index is 528. The van der Waals surface area contributed by atoms with Crippen molar-refractivity contribution in [3.05, 3.63) is 35.4 Å². The predicted molar refractivity (Wildman–Crippen MR) is 82.9 cm³/mol. The minimum Gasteiger partial charge on any atom is -0.329 e. The number of carbonyl (C=O) groups is 1. The Morgan fingerprint density at radius 1 is 1.22 bits per heavy atom. The molecule has 1 aliphatic heterocycles. The van der Waals surface area contributed by atoms with E-state index >= 15 is 0 Å². The number of aryl methyl sites for hydroxylation is 2. The molecular weight excluding hydrogens is 305 g/mol. The highest BCUT2D eigenvalue weighted by molar-refractivity contribution is 5.77. The summed E-state index contributed by atoms with van der Waals surface area (Å²) >= 11 is 0. The fourth-order valence-corrected chi connectivity index (χ4v) is 2.95. The SMILES string of the molecule is CCc1ccc(CCC(=O)N2C[C@H](N)CC[C@H]2C(F)(F)F)cc1. The number of hydrogen-bond donors (Lipinski definition) is 1. The van der Waals surface area contributed by atoms with Crippen molar-refractivity contribution in [3.8, 4) is 0 Å². The molecule has 0 saturated carbocycles. The van der Waals surface area contributed by atoms with E-state index in [2.05, 4.69) is 6.92 Å². The van der Waals surface area contributed by atoms with E-state index in [-0.39, 0.29) is 25.4 Å². The van der Waals surface area contributed by atoms with Gasteiger partial charge in [0.15, 0.2) is 0 Å². The fourth-order valence-electron chi connectivity index (χ4n) is 2.95. The number of likely N-dealkylation sites (tertiary alicyclic amines) is 1. The quantitative estimate of drug-likeness (QED) is 0.923. The summed E-state index contributed by atoms with van der Waals surface area (Å²) in [6.45, 7) is 2.03. The summed E-state index contributed by atoms with van der Waals surface area (Å²) in [7, 11) is 0. The van der Waals surface area contributed by atoms with Crippen LogP contribution in [-0.2, 0) is 17.6 Å². The van der Waals surface area contributed by atoms with Crippen molar-refractivity contribution in [3.63, 3.8) is 0 Å². The molecule has 1 aliphatic rings. The first kappa shape index (κ1) is 17.8. The van der Waals surface area contributed by atoms with Crippen molar-refractivity contribution in [2.45, 2.75) is 57.3 Å². The summed E-state index contributed by atoms with van der Waals surface area (Å²) in [5.41, 5.74) is 7.90. The molecule has 1 saturated heterocycles. The number of carbonyl (C=O) groups excluding carboxylic acids is 1. The van der Waals surface area contributed by atoms with Crippen molar-refractivity contribution in [2.24, 2.45) is 5.73 Å². The number of piperidine rings is 1. The number of halogens is 3. The van der Waals surface area contributed by atoms with Crippen molar-refractivity contribution in [1.29, 1.82) is 0 Å². The van der Waals surface area contributed by atoms with Crippen LogP contribution in [0.5, 0.6) is 0 Å². The second-order valence-electron chi connectivity index (χ2n) is 6.11. The van der Waals surface area contributed by atoms with Gasteiger partial charge in [0.1, 0.15) is 6.04 Å². The predicted octanol–water partition coefficient (Wildman–Crippen LogP) is 3.06. The number of alkyl halides is 3. The molecule has 0 aliphatic carbocycles. The smallest absolute Gasteiger partial charge is 0.329 e. The van der Waals surface area contributed by atoms with Crippen LogP contribution in [-0.4, -0.2) is 35.6 Å². The van der Waals surface area contributed by atoms with Gasteiger partial charge in [0.2, 0.25) is 5.91 Å². The maximum atomic E-state index is 13.1. The molecule has 1 fully saturated rings. The fraction of sp³-hybridized carbons (Fsp3) is 0.588. The summed E-state index contributed by atoms with van der Waals surface area (Å²) in [6.07, 6.45) is -2.76. The third kappa shape index (κ3) is 4.70. The first-order valence-corrected chi connectivity index (χ1v) is 8.00. The van der Waals surface area contributed by atoms with Gasteiger partial charge in [0.05, 0.1) is 0 Å². The Morgan fingerprint density at radius 3 is 2.39 bits per heavy atom. The van der Waals surface area contributed by atoms with E-state index in [0.717, 1.165) is 16.9 Å². The van der Waals surface area contributed by atoms with Crippen molar-refractivity contribution >= 4 is 5.91 Å². The van der Waals surface area contributed by atoms with Crippen LogP contribution in [0.15, 0.2) is 24.3 Å². The number of nitrogens with zero attached hydrogens (tertiary/aromatic N) is 1. The second kappa shape index (κ2) is 7.34. The zero-order chi connectivity index (χ0) is 17.0. The molecule has 1 amide bonds. The van der Waals surface area contributed by atoms with E-state index in [4.69, 9.17) is 5.73 Å². The molecule has 1 aromatic carbocycles. The Labute approximate surface area is 134 Å². The molecule has 0 bridgehead atoms. The lowest BCUT2D eigenvalue weighted by Gasteiger charge is -2.39. The average molecular weight is 328 g/mol. The van der Waals surface area contributed by atoms with Crippen LogP contribution in [0.4, 0.5) is 13.2 Å². The van der Waals surface area contributed by atoms with Gasteiger partial charge in [-0.25, -0.2) is 0 Å². The third-order valence-electron chi connectivity index (χ3n) is 4.38. The maximum Gasteiger partial charge on any atom is 0.408 e. The molecule has 0 spiro atoms. The molecular formula is C17H23F3N2O. The van der Waals surface area contributed by atoms with Gasteiger partial charge < -0.3 is 10.6 Å². The molecule has 1 aromatic rings. The van der Waals surface area contributed by atoms with Crippen molar-refractivity contribution in [2.75, 3.05) is 6.54 Å². The summed E-state index contributed by atoms with van der Waals surface area (Å²) in [6, 6.07) is 5.74. The molecule has 0 radical (unpaired) electrons. The zero-order valence-electron chi connectivity index (χ0n) is 13.3. The average Bonchev–Trinajstić information content (AvgIpc) is 2.51. The van der Waals surface area contributed by atoms with Crippen LogP contribution in [0.1, 0.15) is 37.3 Å². The highest BCUT2D eigenvalue weighted by Crippen LogP contribution is 2.32. The Hall–Kier alpha value is -1.56. The van der Waals surface area contributed by atoms with E-state index in [1.165, 1.54) is 5.56 Å². The zero-order valence-corrected chi connectivity index (χ0v) is 13.3. The normalized spacial score (nSPS) is 22.2. The standard InChI is InChI=1S/C17H23F3N2O/c1-2-12-3-5-13(6-4-12)7-10-16(23)22-11-14(21)8-9-15(22)17(18,19)20/h3-6,14-15H,2,7-11,21H2,1H3/t14-,15+/m1/s1. The maximum absolute atomic E-state index is 13.1. The Kier molecular flexibility index (Phi) is 5.68. The lowest BCUT2D eigenvalue weighted by atomic mass is 9.97.